The lowest BCUT2D eigenvalue weighted by atomic mass is 10.1. The van der Waals surface area contributed by atoms with Gasteiger partial charge in [0.05, 0.1) is 17.4 Å². The molecule has 0 atom stereocenters. The zero-order valence-corrected chi connectivity index (χ0v) is 15.4. The molecule has 1 heterocycles. The predicted molar refractivity (Wildman–Crippen MR) is 106 cm³/mol. The first-order chi connectivity index (χ1) is 12.5. The van der Waals surface area contributed by atoms with Crippen LogP contribution in [0.1, 0.15) is 27.0 Å². The Labute approximate surface area is 154 Å². The van der Waals surface area contributed by atoms with Gasteiger partial charge in [-0.05, 0) is 37.1 Å². The monoisotopic (exact) mass is 345 g/mol. The van der Waals surface area contributed by atoms with Crippen molar-refractivity contribution in [1.82, 2.24) is 9.88 Å². The van der Waals surface area contributed by atoms with Crippen LogP contribution in [0.15, 0.2) is 67.0 Å². The molecular formula is C22H23N3O. The molecule has 0 aliphatic heterocycles. The third-order valence-corrected chi connectivity index (χ3v) is 4.26. The number of aromatic nitrogens is 1. The fourth-order valence-corrected chi connectivity index (χ4v) is 2.88. The summed E-state index contributed by atoms with van der Waals surface area (Å²) >= 11 is 0. The lowest BCUT2D eigenvalue weighted by molar-refractivity contribution is 0.0784. The van der Waals surface area contributed by atoms with Gasteiger partial charge in [0.2, 0.25) is 0 Å². The topological polar surface area (TPSA) is 45.2 Å². The van der Waals surface area contributed by atoms with Gasteiger partial charge in [0.1, 0.15) is 0 Å². The number of anilines is 2. The molecule has 0 unspecified atom stereocenters. The van der Waals surface area contributed by atoms with E-state index in [0.29, 0.717) is 12.1 Å². The van der Waals surface area contributed by atoms with Crippen molar-refractivity contribution in [3.05, 3.63) is 89.2 Å². The molecule has 3 rings (SSSR count). The van der Waals surface area contributed by atoms with E-state index in [4.69, 9.17) is 0 Å². The maximum atomic E-state index is 12.7. The minimum atomic E-state index is -0.0503. The third-order valence-electron chi connectivity index (χ3n) is 4.26. The SMILES string of the molecule is Cc1ccc(Nc2cncc(C(=O)N(C)Cc3ccccc3)c2)c(C)c1. The molecule has 0 aliphatic rings. The van der Waals surface area contributed by atoms with Crippen LogP contribution in [-0.4, -0.2) is 22.8 Å². The fraction of sp³-hybridized carbons (Fsp3) is 0.182. The molecule has 2 aromatic carbocycles. The zero-order valence-electron chi connectivity index (χ0n) is 15.4. The zero-order chi connectivity index (χ0) is 18.5. The number of nitrogens with zero attached hydrogens (tertiary/aromatic N) is 2. The molecule has 0 radical (unpaired) electrons. The number of nitrogens with one attached hydrogen (secondary N) is 1. The number of benzene rings is 2. The molecule has 26 heavy (non-hydrogen) atoms. The van der Waals surface area contributed by atoms with E-state index in [2.05, 4.69) is 36.3 Å². The number of carbonyl (C=O) groups excluding carboxylic acids is 1. The minimum Gasteiger partial charge on any atom is -0.354 e. The number of amides is 1. The number of hydrogen-bond acceptors (Lipinski definition) is 3. The quantitative estimate of drug-likeness (QED) is 0.728. The van der Waals surface area contributed by atoms with Crippen molar-refractivity contribution in [3.8, 4) is 0 Å². The van der Waals surface area contributed by atoms with Crippen molar-refractivity contribution >= 4 is 17.3 Å². The Balaban J connectivity index is 1.74. The van der Waals surface area contributed by atoms with Gasteiger partial charge in [-0.2, -0.15) is 0 Å². The van der Waals surface area contributed by atoms with Gasteiger partial charge in [-0.15, -0.1) is 0 Å². The summed E-state index contributed by atoms with van der Waals surface area (Å²) in [5.41, 5.74) is 5.86. The molecule has 0 saturated carbocycles. The van der Waals surface area contributed by atoms with Crippen LogP contribution >= 0.6 is 0 Å². The van der Waals surface area contributed by atoms with E-state index < -0.39 is 0 Å². The highest BCUT2D eigenvalue weighted by Gasteiger charge is 2.13. The van der Waals surface area contributed by atoms with Crippen molar-refractivity contribution in [2.75, 3.05) is 12.4 Å². The average Bonchev–Trinajstić information content (AvgIpc) is 2.64. The second-order valence-electron chi connectivity index (χ2n) is 6.55. The summed E-state index contributed by atoms with van der Waals surface area (Å²) in [4.78, 5) is 18.7. The van der Waals surface area contributed by atoms with Crippen LogP contribution < -0.4 is 5.32 Å². The van der Waals surface area contributed by atoms with E-state index >= 15 is 0 Å². The van der Waals surface area contributed by atoms with E-state index in [0.717, 1.165) is 22.5 Å². The van der Waals surface area contributed by atoms with E-state index in [1.807, 2.05) is 42.5 Å². The predicted octanol–water partition coefficient (Wildman–Crippen LogP) is 4.71. The first-order valence-corrected chi connectivity index (χ1v) is 8.61. The summed E-state index contributed by atoms with van der Waals surface area (Å²) in [5, 5.41) is 3.35. The Morgan fingerprint density at radius 2 is 1.81 bits per heavy atom. The van der Waals surface area contributed by atoms with E-state index in [1.165, 1.54) is 5.56 Å². The molecular weight excluding hydrogens is 322 g/mol. The highest BCUT2D eigenvalue weighted by Crippen LogP contribution is 2.22. The number of hydrogen-bond donors (Lipinski definition) is 1. The Hall–Kier alpha value is -3.14. The number of rotatable bonds is 5. The smallest absolute Gasteiger partial charge is 0.255 e. The number of aryl methyl sites for hydroxylation is 2. The molecule has 0 spiro atoms. The Morgan fingerprint density at radius 3 is 2.54 bits per heavy atom. The summed E-state index contributed by atoms with van der Waals surface area (Å²) in [6.07, 6.45) is 3.34. The molecule has 4 heteroatoms. The molecule has 3 aromatic rings. The van der Waals surface area contributed by atoms with Crippen molar-refractivity contribution in [3.63, 3.8) is 0 Å². The molecule has 1 aromatic heterocycles. The van der Waals surface area contributed by atoms with Crippen molar-refractivity contribution in [2.45, 2.75) is 20.4 Å². The van der Waals surface area contributed by atoms with Gasteiger partial charge in [0.25, 0.3) is 5.91 Å². The third kappa shape index (κ3) is 4.28. The summed E-state index contributed by atoms with van der Waals surface area (Å²) in [6.45, 7) is 4.69. The van der Waals surface area contributed by atoms with E-state index in [-0.39, 0.29) is 5.91 Å². The van der Waals surface area contributed by atoms with E-state index in [1.54, 1.807) is 24.3 Å². The van der Waals surface area contributed by atoms with Crippen molar-refractivity contribution in [1.29, 1.82) is 0 Å². The number of carbonyl (C=O) groups is 1. The van der Waals surface area contributed by atoms with Crippen LogP contribution in [0, 0.1) is 13.8 Å². The molecule has 0 bridgehead atoms. The Kier molecular flexibility index (Phi) is 5.32. The minimum absolute atomic E-state index is 0.0503. The average molecular weight is 345 g/mol. The van der Waals surface area contributed by atoms with Crippen LogP contribution in [0.4, 0.5) is 11.4 Å². The molecule has 0 fully saturated rings. The highest BCUT2D eigenvalue weighted by atomic mass is 16.2. The Bertz CT molecular complexity index is 906. The van der Waals surface area contributed by atoms with Gasteiger partial charge in [-0.3, -0.25) is 9.78 Å². The molecule has 4 nitrogen and oxygen atoms in total. The van der Waals surface area contributed by atoms with Crippen LogP contribution in [0.5, 0.6) is 0 Å². The maximum Gasteiger partial charge on any atom is 0.255 e. The molecule has 0 saturated heterocycles. The lowest BCUT2D eigenvalue weighted by Crippen LogP contribution is -2.26. The van der Waals surface area contributed by atoms with Crippen LogP contribution in [-0.2, 0) is 6.54 Å². The van der Waals surface area contributed by atoms with E-state index in [9.17, 15) is 4.79 Å². The van der Waals surface area contributed by atoms with Crippen LogP contribution in [0.2, 0.25) is 0 Å². The Morgan fingerprint density at radius 1 is 1.04 bits per heavy atom. The van der Waals surface area contributed by atoms with Gasteiger partial charge < -0.3 is 10.2 Å². The van der Waals surface area contributed by atoms with Crippen LogP contribution in [0.25, 0.3) is 0 Å². The van der Waals surface area contributed by atoms with Crippen molar-refractivity contribution < 1.29 is 4.79 Å². The lowest BCUT2D eigenvalue weighted by Gasteiger charge is -2.18. The van der Waals surface area contributed by atoms with Crippen molar-refractivity contribution in [2.24, 2.45) is 0 Å². The van der Waals surface area contributed by atoms with Gasteiger partial charge in [-0.25, -0.2) is 0 Å². The highest BCUT2D eigenvalue weighted by molar-refractivity contribution is 5.94. The molecule has 1 amide bonds. The molecule has 132 valence electrons. The fourth-order valence-electron chi connectivity index (χ4n) is 2.88. The van der Waals surface area contributed by atoms with Gasteiger partial charge in [-0.1, -0.05) is 48.0 Å². The first kappa shape index (κ1) is 17.7. The molecule has 0 aliphatic carbocycles. The second kappa shape index (κ2) is 7.83. The standard InChI is InChI=1S/C22H23N3O/c1-16-9-10-21(17(2)11-16)24-20-12-19(13-23-14-20)22(26)25(3)15-18-7-5-4-6-8-18/h4-14,24H,15H2,1-3H3. The van der Waals surface area contributed by atoms with Gasteiger partial charge in [0.15, 0.2) is 0 Å². The summed E-state index contributed by atoms with van der Waals surface area (Å²) in [7, 11) is 1.81. The number of pyridine rings is 1. The maximum absolute atomic E-state index is 12.7. The molecule has 1 N–H and O–H groups in total. The van der Waals surface area contributed by atoms with Crippen LogP contribution in [0.3, 0.4) is 0 Å². The summed E-state index contributed by atoms with van der Waals surface area (Å²) in [5.74, 6) is -0.0503. The first-order valence-electron chi connectivity index (χ1n) is 8.61. The van der Waals surface area contributed by atoms with Gasteiger partial charge in [0, 0.05) is 25.5 Å². The second-order valence-corrected chi connectivity index (χ2v) is 6.55. The summed E-state index contributed by atoms with van der Waals surface area (Å²) in [6, 6.07) is 18.0. The summed E-state index contributed by atoms with van der Waals surface area (Å²) < 4.78 is 0. The normalized spacial score (nSPS) is 10.4. The largest absolute Gasteiger partial charge is 0.354 e. The van der Waals surface area contributed by atoms with Gasteiger partial charge >= 0.3 is 0 Å².